The van der Waals surface area contributed by atoms with E-state index in [1.165, 1.54) is 0 Å². The molecular weight excluding hydrogens is 190 g/mol. The molecule has 0 aliphatic heterocycles. The fourth-order valence-corrected chi connectivity index (χ4v) is 1.75. The first-order chi connectivity index (χ1) is 7.13. The highest BCUT2D eigenvalue weighted by Crippen LogP contribution is 2.14. The molecule has 0 amide bonds. The number of nitrogens with two attached hydrogens (primary N) is 1. The summed E-state index contributed by atoms with van der Waals surface area (Å²) in [6.07, 6.45) is 1.82. The SMILES string of the molecule is Cc1cc(-n2c(C)cnc2CN)n(C)n1. The first kappa shape index (κ1) is 9.92. The summed E-state index contributed by atoms with van der Waals surface area (Å²) in [5.74, 6) is 1.86. The average molecular weight is 205 g/mol. The third-order valence-electron chi connectivity index (χ3n) is 2.40. The van der Waals surface area contributed by atoms with Crippen molar-refractivity contribution >= 4 is 0 Å². The van der Waals surface area contributed by atoms with Gasteiger partial charge < -0.3 is 5.73 Å². The Morgan fingerprint density at radius 2 is 2.13 bits per heavy atom. The first-order valence-corrected chi connectivity index (χ1v) is 4.87. The molecule has 0 fully saturated rings. The summed E-state index contributed by atoms with van der Waals surface area (Å²) >= 11 is 0. The van der Waals surface area contributed by atoms with Crippen molar-refractivity contribution in [3.05, 3.63) is 29.5 Å². The third-order valence-corrected chi connectivity index (χ3v) is 2.40. The van der Waals surface area contributed by atoms with Crippen LogP contribution in [0.5, 0.6) is 0 Å². The lowest BCUT2D eigenvalue weighted by atomic mass is 10.4. The van der Waals surface area contributed by atoms with E-state index < -0.39 is 0 Å². The van der Waals surface area contributed by atoms with Gasteiger partial charge in [-0.2, -0.15) is 5.10 Å². The zero-order valence-corrected chi connectivity index (χ0v) is 9.23. The van der Waals surface area contributed by atoms with Gasteiger partial charge in [0, 0.05) is 25.0 Å². The van der Waals surface area contributed by atoms with E-state index in [-0.39, 0.29) is 0 Å². The maximum Gasteiger partial charge on any atom is 0.136 e. The fraction of sp³-hybridized carbons (Fsp3) is 0.400. The van der Waals surface area contributed by atoms with Crippen LogP contribution in [0.4, 0.5) is 0 Å². The van der Waals surface area contributed by atoms with E-state index >= 15 is 0 Å². The number of rotatable bonds is 2. The normalized spacial score (nSPS) is 10.9. The van der Waals surface area contributed by atoms with Crippen LogP contribution in [0.2, 0.25) is 0 Å². The average Bonchev–Trinajstić information content (AvgIpc) is 2.69. The minimum absolute atomic E-state index is 0.429. The van der Waals surface area contributed by atoms with Crippen molar-refractivity contribution in [3.63, 3.8) is 0 Å². The van der Waals surface area contributed by atoms with Gasteiger partial charge in [0.05, 0.1) is 12.2 Å². The summed E-state index contributed by atoms with van der Waals surface area (Å²) in [5.41, 5.74) is 7.70. The van der Waals surface area contributed by atoms with Crippen LogP contribution in [0.25, 0.3) is 5.82 Å². The van der Waals surface area contributed by atoms with Crippen LogP contribution in [0, 0.1) is 13.8 Å². The van der Waals surface area contributed by atoms with Crippen LogP contribution in [-0.4, -0.2) is 19.3 Å². The Labute approximate surface area is 88.5 Å². The second kappa shape index (κ2) is 3.51. The molecule has 2 aromatic heterocycles. The fourth-order valence-electron chi connectivity index (χ4n) is 1.75. The molecule has 0 bridgehead atoms. The molecule has 0 atom stereocenters. The van der Waals surface area contributed by atoms with E-state index in [4.69, 9.17) is 5.73 Å². The van der Waals surface area contributed by atoms with Crippen molar-refractivity contribution in [1.29, 1.82) is 0 Å². The van der Waals surface area contributed by atoms with Crippen LogP contribution < -0.4 is 5.73 Å². The summed E-state index contributed by atoms with van der Waals surface area (Å²) in [5, 5.41) is 4.31. The highest BCUT2D eigenvalue weighted by Gasteiger charge is 2.11. The van der Waals surface area contributed by atoms with Crippen molar-refractivity contribution in [2.24, 2.45) is 12.8 Å². The molecule has 0 radical (unpaired) electrons. The van der Waals surface area contributed by atoms with E-state index in [9.17, 15) is 0 Å². The molecule has 0 saturated heterocycles. The molecule has 2 aromatic rings. The molecule has 0 unspecified atom stereocenters. The van der Waals surface area contributed by atoms with E-state index in [1.807, 2.05) is 42.4 Å². The van der Waals surface area contributed by atoms with Gasteiger partial charge >= 0.3 is 0 Å². The zero-order valence-electron chi connectivity index (χ0n) is 9.23. The van der Waals surface area contributed by atoms with E-state index in [0.717, 1.165) is 23.0 Å². The van der Waals surface area contributed by atoms with Gasteiger partial charge in [-0.15, -0.1) is 0 Å². The first-order valence-electron chi connectivity index (χ1n) is 4.87. The molecule has 2 N–H and O–H groups in total. The Balaban J connectivity index is 2.62. The van der Waals surface area contributed by atoms with Crippen LogP contribution in [-0.2, 0) is 13.6 Å². The van der Waals surface area contributed by atoms with Gasteiger partial charge in [-0.3, -0.25) is 9.25 Å². The number of nitrogens with zero attached hydrogens (tertiary/aromatic N) is 4. The lowest BCUT2D eigenvalue weighted by Gasteiger charge is -2.08. The smallest absolute Gasteiger partial charge is 0.136 e. The lowest BCUT2D eigenvalue weighted by Crippen LogP contribution is -2.11. The number of imidazole rings is 1. The van der Waals surface area contributed by atoms with Gasteiger partial charge in [0.1, 0.15) is 11.6 Å². The maximum absolute atomic E-state index is 5.65. The van der Waals surface area contributed by atoms with E-state index in [2.05, 4.69) is 10.1 Å². The molecule has 0 spiro atoms. The quantitative estimate of drug-likeness (QED) is 0.784. The Morgan fingerprint density at radius 1 is 1.40 bits per heavy atom. The minimum atomic E-state index is 0.429. The van der Waals surface area contributed by atoms with Gasteiger partial charge in [-0.05, 0) is 13.8 Å². The number of hydrogen-bond acceptors (Lipinski definition) is 3. The summed E-state index contributed by atoms with van der Waals surface area (Å²) < 4.78 is 3.86. The Hall–Kier alpha value is -1.62. The molecule has 0 aliphatic carbocycles. The van der Waals surface area contributed by atoms with Crippen LogP contribution >= 0.6 is 0 Å². The van der Waals surface area contributed by atoms with Crippen molar-refractivity contribution in [3.8, 4) is 5.82 Å². The predicted octanol–water partition coefficient (Wildman–Crippen LogP) is 0.681. The zero-order chi connectivity index (χ0) is 11.0. The molecule has 0 aliphatic rings. The lowest BCUT2D eigenvalue weighted by molar-refractivity contribution is 0.700. The van der Waals surface area contributed by atoms with E-state index in [1.54, 1.807) is 0 Å². The van der Waals surface area contributed by atoms with Crippen LogP contribution in [0.1, 0.15) is 17.2 Å². The summed E-state index contributed by atoms with van der Waals surface area (Å²) in [6.45, 7) is 4.41. The number of hydrogen-bond donors (Lipinski definition) is 1. The third kappa shape index (κ3) is 1.55. The molecule has 0 saturated carbocycles. The summed E-state index contributed by atoms with van der Waals surface area (Å²) in [4.78, 5) is 4.26. The monoisotopic (exact) mass is 205 g/mol. The van der Waals surface area contributed by atoms with Crippen molar-refractivity contribution in [2.75, 3.05) is 0 Å². The second-order valence-electron chi connectivity index (χ2n) is 3.62. The Bertz CT molecular complexity index is 480. The molecular formula is C10H15N5. The molecule has 0 aromatic carbocycles. The Kier molecular flexibility index (Phi) is 2.32. The highest BCUT2D eigenvalue weighted by atomic mass is 15.3. The highest BCUT2D eigenvalue weighted by molar-refractivity contribution is 5.30. The maximum atomic E-state index is 5.65. The molecule has 15 heavy (non-hydrogen) atoms. The van der Waals surface area contributed by atoms with Crippen molar-refractivity contribution in [1.82, 2.24) is 19.3 Å². The molecule has 2 rings (SSSR count). The van der Waals surface area contributed by atoms with Gasteiger partial charge in [0.15, 0.2) is 0 Å². The standard InChI is InChI=1S/C10H15N5/c1-7-4-10(14(3)13-7)15-8(2)6-12-9(15)5-11/h4,6H,5,11H2,1-3H3. The minimum Gasteiger partial charge on any atom is -0.324 e. The summed E-state index contributed by atoms with van der Waals surface area (Å²) in [6, 6.07) is 2.02. The molecule has 5 nitrogen and oxygen atoms in total. The predicted molar refractivity (Wildman–Crippen MR) is 57.7 cm³/mol. The molecule has 2 heterocycles. The number of aromatic nitrogens is 4. The Morgan fingerprint density at radius 3 is 2.67 bits per heavy atom. The van der Waals surface area contributed by atoms with Crippen LogP contribution in [0.15, 0.2) is 12.3 Å². The number of aryl methyl sites for hydroxylation is 3. The second-order valence-corrected chi connectivity index (χ2v) is 3.62. The van der Waals surface area contributed by atoms with Gasteiger partial charge in [0.2, 0.25) is 0 Å². The topological polar surface area (TPSA) is 61.7 Å². The molecule has 5 heteroatoms. The van der Waals surface area contributed by atoms with Crippen LogP contribution in [0.3, 0.4) is 0 Å². The van der Waals surface area contributed by atoms with Crippen molar-refractivity contribution in [2.45, 2.75) is 20.4 Å². The van der Waals surface area contributed by atoms with Gasteiger partial charge in [-0.25, -0.2) is 4.98 Å². The van der Waals surface area contributed by atoms with Crippen molar-refractivity contribution < 1.29 is 0 Å². The van der Waals surface area contributed by atoms with E-state index in [0.29, 0.717) is 6.54 Å². The summed E-state index contributed by atoms with van der Waals surface area (Å²) in [7, 11) is 1.92. The largest absolute Gasteiger partial charge is 0.324 e. The van der Waals surface area contributed by atoms with Gasteiger partial charge in [-0.1, -0.05) is 0 Å². The van der Waals surface area contributed by atoms with Gasteiger partial charge in [0.25, 0.3) is 0 Å². The molecule has 80 valence electrons.